The lowest BCUT2D eigenvalue weighted by Crippen LogP contribution is -2.34. The molecule has 2 rings (SSSR count). The van der Waals surface area contributed by atoms with Gasteiger partial charge in [0.2, 0.25) is 0 Å². The number of halogens is 2. The summed E-state index contributed by atoms with van der Waals surface area (Å²) in [5, 5.41) is 0.489. The van der Waals surface area contributed by atoms with Gasteiger partial charge in [-0.15, -0.1) is 0 Å². The van der Waals surface area contributed by atoms with Gasteiger partial charge in [0, 0.05) is 19.1 Å². The van der Waals surface area contributed by atoms with Gasteiger partial charge in [0.05, 0.1) is 10.7 Å². The Morgan fingerprint density at radius 2 is 2.33 bits per heavy atom. The summed E-state index contributed by atoms with van der Waals surface area (Å²) >= 11 is 6.03. The summed E-state index contributed by atoms with van der Waals surface area (Å²) in [6.45, 7) is 3.59. The van der Waals surface area contributed by atoms with E-state index in [0.29, 0.717) is 5.02 Å². The maximum atomic E-state index is 13.1. The standard InChI is InChI=1S/C11H14ClFN2/c1-7(14)6-15-3-2-8-4-9(13)5-10(12)11(8)15/h4-5,7H,2-3,6,14H2,1H3. The largest absolute Gasteiger partial charge is 0.368 e. The van der Waals surface area contributed by atoms with Gasteiger partial charge in [0.25, 0.3) is 0 Å². The first-order valence-electron chi connectivity index (χ1n) is 5.06. The lowest BCUT2D eigenvalue weighted by atomic mass is 10.1. The molecule has 0 radical (unpaired) electrons. The van der Waals surface area contributed by atoms with Crippen molar-refractivity contribution in [3.05, 3.63) is 28.5 Å². The lowest BCUT2D eigenvalue weighted by molar-refractivity contribution is 0.626. The van der Waals surface area contributed by atoms with Crippen LogP contribution in [0.5, 0.6) is 0 Å². The van der Waals surface area contributed by atoms with E-state index in [9.17, 15) is 4.39 Å². The number of hydrogen-bond donors (Lipinski definition) is 1. The zero-order valence-electron chi connectivity index (χ0n) is 8.63. The van der Waals surface area contributed by atoms with Crippen LogP contribution in [0.1, 0.15) is 12.5 Å². The molecule has 0 aromatic heterocycles. The first kappa shape index (κ1) is 10.7. The molecule has 0 aliphatic carbocycles. The molecule has 1 aliphatic heterocycles. The minimum absolute atomic E-state index is 0.0945. The first-order chi connectivity index (χ1) is 7.08. The monoisotopic (exact) mass is 228 g/mol. The van der Waals surface area contributed by atoms with Crippen molar-refractivity contribution in [3.8, 4) is 0 Å². The van der Waals surface area contributed by atoms with E-state index in [1.54, 1.807) is 6.07 Å². The molecule has 4 heteroatoms. The highest BCUT2D eigenvalue weighted by Crippen LogP contribution is 2.35. The molecule has 0 bridgehead atoms. The van der Waals surface area contributed by atoms with Crippen LogP contribution in [0, 0.1) is 5.82 Å². The molecule has 1 heterocycles. The molecule has 2 N–H and O–H groups in total. The van der Waals surface area contributed by atoms with E-state index in [1.165, 1.54) is 6.07 Å². The van der Waals surface area contributed by atoms with Crippen LogP contribution in [-0.4, -0.2) is 19.1 Å². The highest BCUT2D eigenvalue weighted by atomic mass is 35.5. The molecule has 0 saturated heterocycles. The Hall–Kier alpha value is -0.800. The van der Waals surface area contributed by atoms with Crippen molar-refractivity contribution in [1.29, 1.82) is 0 Å². The average Bonchev–Trinajstić information content (AvgIpc) is 2.46. The number of anilines is 1. The Morgan fingerprint density at radius 1 is 1.60 bits per heavy atom. The summed E-state index contributed by atoms with van der Waals surface area (Å²) in [5.74, 6) is -0.263. The number of nitrogens with zero attached hydrogens (tertiary/aromatic N) is 1. The SMILES string of the molecule is CC(N)CN1CCc2cc(F)cc(Cl)c21. The Morgan fingerprint density at radius 3 is 3.00 bits per heavy atom. The summed E-state index contributed by atoms with van der Waals surface area (Å²) in [7, 11) is 0. The molecular formula is C11H14ClFN2. The third-order valence-electron chi connectivity index (χ3n) is 2.58. The summed E-state index contributed by atoms with van der Waals surface area (Å²) < 4.78 is 13.1. The molecule has 15 heavy (non-hydrogen) atoms. The van der Waals surface area contributed by atoms with Crippen molar-refractivity contribution in [2.45, 2.75) is 19.4 Å². The van der Waals surface area contributed by atoms with Gasteiger partial charge in [-0.3, -0.25) is 0 Å². The van der Waals surface area contributed by atoms with Crippen molar-refractivity contribution < 1.29 is 4.39 Å². The zero-order valence-corrected chi connectivity index (χ0v) is 9.39. The molecule has 0 amide bonds. The molecule has 82 valence electrons. The average molecular weight is 229 g/mol. The van der Waals surface area contributed by atoms with Crippen molar-refractivity contribution >= 4 is 17.3 Å². The van der Waals surface area contributed by atoms with Crippen LogP contribution in [0.2, 0.25) is 5.02 Å². The van der Waals surface area contributed by atoms with E-state index in [4.69, 9.17) is 17.3 Å². The predicted molar refractivity (Wildman–Crippen MR) is 61.0 cm³/mol. The molecule has 1 atom stereocenters. The predicted octanol–water partition coefficient (Wildman–Crippen LogP) is 2.19. The highest BCUT2D eigenvalue weighted by Gasteiger charge is 2.23. The maximum absolute atomic E-state index is 13.1. The molecule has 0 fully saturated rings. The van der Waals surface area contributed by atoms with Gasteiger partial charge in [0.1, 0.15) is 5.82 Å². The number of fused-ring (bicyclic) bond motifs is 1. The number of rotatable bonds is 2. The normalized spacial score (nSPS) is 16.7. The quantitative estimate of drug-likeness (QED) is 0.841. The number of hydrogen-bond acceptors (Lipinski definition) is 2. The summed E-state index contributed by atoms with van der Waals surface area (Å²) in [6, 6.07) is 3.01. The summed E-state index contributed by atoms with van der Waals surface area (Å²) in [6.07, 6.45) is 0.847. The van der Waals surface area contributed by atoms with Crippen LogP contribution in [-0.2, 0) is 6.42 Å². The summed E-state index contributed by atoms with van der Waals surface area (Å²) in [5.41, 5.74) is 7.69. The molecule has 2 nitrogen and oxygen atoms in total. The second-order valence-corrected chi connectivity index (χ2v) is 4.48. The fraction of sp³-hybridized carbons (Fsp3) is 0.455. The van der Waals surface area contributed by atoms with Crippen LogP contribution in [0.3, 0.4) is 0 Å². The van der Waals surface area contributed by atoms with Gasteiger partial charge in [-0.2, -0.15) is 0 Å². The fourth-order valence-electron chi connectivity index (χ4n) is 2.06. The first-order valence-corrected chi connectivity index (χ1v) is 5.44. The van der Waals surface area contributed by atoms with E-state index in [2.05, 4.69) is 4.90 Å². The van der Waals surface area contributed by atoms with E-state index < -0.39 is 0 Å². The van der Waals surface area contributed by atoms with Crippen LogP contribution in [0.4, 0.5) is 10.1 Å². The molecular weight excluding hydrogens is 215 g/mol. The van der Waals surface area contributed by atoms with Crippen molar-refractivity contribution in [1.82, 2.24) is 0 Å². The Balaban J connectivity index is 2.33. The van der Waals surface area contributed by atoms with E-state index in [1.807, 2.05) is 6.92 Å². The van der Waals surface area contributed by atoms with E-state index in [0.717, 1.165) is 30.8 Å². The minimum atomic E-state index is -0.263. The van der Waals surface area contributed by atoms with Gasteiger partial charge < -0.3 is 10.6 Å². The van der Waals surface area contributed by atoms with Crippen LogP contribution in [0.15, 0.2) is 12.1 Å². The summed E-state index contributed by atoms with van der Waals surface area (Å²) in [4.78, 5) is 2.13. The fourth-order valence-corrected chi connectivity index (χ4v) is 2.41. The zero-order chi connectivity index (χ0) is 11.0. The lowest BCUT2D eigenvalue weighted by Gasteiger charge is -2.22. The van der Waals surface area contributed by atoms with Crippen LogP contribution >= 0.6 is 11.6 Å². The second kappa shape index (κ2) is 3.99. The third kappa shape index (κ3) is 2.08. The van der Waals surface area contributed by atoms with Crippen molar-refractivity contribution in [2.24, 2.45) is 5.73 Å². The van der Waals surface area contributed by atoms with Crippen LogP contribution < -0.4 is 10.6 Å². The highest BCUT2D eigenvalue weighted by molar-refractivity contribution is 6.33. The topological polar surface area (TPSA) is 29.3 Å². The Kier molecular flexibility index (Phi) is 2.85. The van der Waals surface area contributed by atoms with Gasteiger partial charge in [0.15, 0.2) is 0 Å². The second-order valence-electron chi connectivity index (χ2n) is 4.07. The van der Waals surface area contributed by atoms with E-state index >= 15 is 0 Å². The Bertz CT molecular complexity index is 379. The molecule has 0 saturated carbocycles. The third-order valence-corrected chi connectivity index (χ3v) is 2.87. The maximum Gasteiger partial charge on any atom is 0.125 e. The minimum Gasteiger partial charge on any atom is -0.368 e. The number of nitrogens with two attached hydrogens (primary N) is 1. The van der Waals surface area contributed by atoms with Gasteiger partial charge in [-0.05, 0) is 31.0 Å². The molecule has 1 aromatic carbocycles. The van der Waals surface area contributed by atoms with Crippen molar-refractivity contribution in [2.75, 3.05) is 18.0 Å². The van der Waals surface area contributed by atoms with Gasteiger partial charge in [-0.25, -0.2) is 4.39 Å². The molecule has 0 spiro atoms. The van der Waals surface area contributed by atoms with Crippen molar-refractivity contribution in [3.63, 3.8) is 0 Å². The van der Waals surface area contributed by atoms with Gasteiger partial charge in [-0.1, -0.05) is 11.6 Å². The van der Waals surface area contributed by atoms with Crippen LogP contribution in [0.25, 0.3) is 0 Å². The molecule has 1 aromatic rings. The smallest absolute Gasteiger partial charge is 0.125 e. The molecule has 1 aliphatic rings. The van der Waals surface area contributed by atoms with Gasteiger partial charge >= 0.3 is 0 Å². The number of benzene rings is 1. The molecule has 1 unspecified atom stereocenters. The van der Waals surface area contributed by atoms with E-state index in [-0.39, 0.29) is 11.9 Å². The Labute approximate surface area is 93.8 Å².